The molecule has 5 nitrogen and oxygen atoms in total. The number of benzene rings is 2. The Balaban J connectivity index is 1.71. The Morgan fingerprint density at radius 2 is 1.74 bits per heavy atom. The van der Waals surface area contributed by atoms with Gasteiger partial charge in [0, 0.05) is 43.0 Å². The van der Waals surface area contributed by atoms with Gasteiger partial charge in [0.2, 0.25) is 0 Å². The maximum atomic E-state index is 14.3. The first-order chi connectivity index (χ1) is 14.9. The van der Waals surface area contributed by atoms with Crippen LogP contribution in [0.3, 0.4) is 0 Å². The lowest BCUT2D eigenvalue weighted by Crippen LogP contribution is -2.50. The summed E-state index contributed by atoms with van der Waals surface area (Å²) in [5.74, 6) is -0.444. The monoisotopic (exact) mass is 419 g/mol. The highest BCUT2D eigenvalue weighted by Crippen LogP contribution is 2.41. The van der Waals surface area contributed by atoms with Gasteiger partial charge in [-0.2, -0.15) is 0 Å². The summed E-state index contributed by atoms with van der Waals surface area (Å²) in [4.78, 5) is 14.3. The number of hydrogen-bond acceptors (Lipinski definition) is 4. The molecule has 158 valence electrons. The van der Waals surface area contributed by atoms with Gasteiger partial charge in [-0.1, -0.05) is 29.3 Å². The smallest absolute Gasteiger partial charge is 0.153 e. The molecule has 2 aromatic carbocycles. The molecule has 4 aromatic rings. The quantitative estimate of drug-likeness (QED) is 0.508. The fourth-order valence-corrected chi connectivity index (χ4v) is 4.38. The summed E-state index contributed by atoms with van der Waals surface area (Å²) < 4.78 is 28.0. The van der Waals surface area contributed by atoms with Crippen molar-refractivity contribution in [1.82, 2.24) is 15.0 Å². The summed E-state index contributed by atoms with van der Waals surface area (Å²) in [6, 6.07) is 8.49. The van der Waals surface area contributed by atoms with Crippen molar-refractivity contribution in [2.24, 2.45) is 11.7 Å². The summed E-state index contributed by atoms with van der Waals surface area (Å²) in [6.45, 7) is 6.42. The van der Waals surface area contributed by atoms with E-state index in [0.29, 0.717) is 23.8 Å². The van der Waals surface area contributed by atoms with Crippen LogP contribution >= 0.6 is 0 Å². The number of halogens is 2. The van der Waals surface area contributed by atoms with Crippen LogP contribution < -0.4 is 10.6 Å². The van der Waals surface area contributed by atoms with E-state index in [-0.39, 0.29) is 5.52 Å². The first kappa shape index (κ1) is 19.6. The molecule has 0 atom stereocenters. The van der Waals surface area contributed by atoms with E-state index in [9.17, 15) is 8.78 Å². The number of fused-ring (bicyclic) bond motifs is 1. The Kier molecular flexibility index (Phi) is 4.70. The third-order valence-corrected chi connectivity index (χ3v) is 5.82. The molecule has 0 spiro atoms. The maximum Gasteiger partial charge on any atom is 0.153 e. The number of aromatic amines is 1. The van der Waals surface area contributed by atoms with Crippen LogP contribution in [-0.2, 0) is 0 Å². The number of anilines is 1. The van der Waals surface area contributed by atoms with Gasteiger partial charge in [0.15, 0.2) is 5.82 Å². The summed E-state index contributed by atoms with van der Waals surface area (Å²) in [7, 11) is 0. The highest BCUT2D eigenvalue weighted by atomic mass is 19.1. The third-order valence-electron chi connectivity index (χ3n) is 5.82. The zero-order valence-electron chi connectivity index (χ0n) is 17.4. The molecule has 0 radical (unpaired) electrons. The van der Waals surface area contributed by atoms with Crippen LogP contribution in [0.25, 0.3) is 33.5 Å². The fraction of sp³-hybridized carbons (Fsp3) is 0.250. The van der Waals surface area contributed by atoms with Gasteiger partial charge in [0.1, 0.15) is 17.2 Å². The molecule has 1 saturated heterocycles. The van der Waals surface area contributed by atoms with Crippen LogP contribution in [0.5, 0.6) is 0 Å². The Morgan fingerprint density at radius 1 is 1.03 bits per heavy atom. The summed E-state index contributed by atoms with van der Waals surface area (Å²) >= 11 is 0. The molecular formula is C24H23F2N5. The molecule has 1 aliphatic heterocycles. The minimum Gasteiger partial charge on any atom is -0.370 e. The second-order valence-corrected chi connectivity index (χ2v) is 8.34. The predicted octanol–water partition coefficient (Wildman–Crippen LogP) is 4.58. The maximum absolute atomic E-state index is 14.3. The van der Waals surface area contributed by atoms with Crippen LogP contribution in [0, 0.1) is 31.4 Å². The second-order valence-electron chi connectivity index (χ2n) is 8.34. The van der Waals surface area contributed by atoms with Crippen LogP contribution in [0.2, 0.25) is 0 Å². The SMILES string of the molecule is Cc1cc(C)cc(-c2cncc(-c3nc4c(F)cc(F)cc4[nH]3)c2N2CC(CN)C2)c1. The predicted molar refractivity (Wildman–Crippen MR) is 119 cm³/mol. The van der Waals surface area contributed by atoms with Gasteiger partial charge in [-0.25, -0.2) is 13.8 Å². The van der Waals surface area contributed by atoms with Gasteiger partial charge >= 0.3 is 0 Å². The van der Waals surface area contributed by atoms with Crippen molar-refractivity contribution < 1.29 is 8.78 Å². The number of aryl methyl sites for hydroxylation is 2. The molecule has 2 aromatic heterocycles. The number of H-pyrrole nitrogens is 1. The van der Waals surface area contributed by atoms with Crippen LogP contribution in [0.1, 0.15) is 11.1 Å². The Hall–Kier alpha value is -3.32. The Labute approximate surface area is 178 Å². The molecule has 3 N–H and O–H groups in total. The van der Waals surface area contributed by atoms with Crippen LogP contribution in [-0.4, -0.2) is 34.6 Å². The average Bonchev–Trinajstić information content (AvgIpc) is 3.10. The minimum atomic E-state index is -0.690. The van der Waals surface area contributed by atoms with E-state index in [2.05, 4.69) is 51.9 Å². The van der Waals surface area contributed by atoms with Crippen LogP contribution in [0.15, 0.2) is 42.7 Å². The number of pyridine rings is 1. The highest BCUT2D eigenvalue weighted by Gasteiger charge is 2.30. The van der Waals surface area contributed by atoms with Gasteiger partial charge in [-0.05, 0) is 32.0 Å². The van der Waals surface area contributed by atoms with Gasteiger partial charge in [-0.15, -0.1) is 0 Å². The molecule has 0 bridgehead atoms. The van der Waals surface area contributed by atoms with E-state index in [1.54, 1.807) is 6.20 Å². The number of nitrogens with two attached hydrogens (primary N) is 1. The molecule has 0 saturated carbocycles. The van der Waals surface area contributed by atoms with E-state index < -0.39 is 11.6 Å². The topological polar surface area (TPSA) is 70.8 Å². The van der Waals surface area contributed by atoms with Gasteiger partial charge in [0.05, 0.1) is 16.8 Å². The molecule has 31 heavy (non-hydrogen) atoms. The lowest BCUT2D eigenvalue weighted by Gasteiger charge is -2.42. The van der Waals surface area contributed by atoms with E-state index >= 15 is 0 Å². The normalized spacial score (nSPS) is 14.3. The number of hydrogen-bond donors (Lipinski definition) is 2. The summed E-state index contributed by atoms with van der Waals surface area (Å²) in [5.41, 5.74) is 12.4. The average molecular weight is 419 g/mol. The molecule has 1 fully saturated rings. The minimum absolute atomic E-state index is 0.114. The first-order valence-electron chi connectivity index (χ1n) is 10.3. The second kappa shape index (κ2) is 7.42. The van der Waals surface area contributed by atoms with Gasteiger partial charge < -0.3 is 15.6 Å². The molecule has 0 unspecified atom stereocenters. The fourth-order valence-electron chi connectivity index (χ4n) is 4.38. The van der Waals surface area contributed by atoms with Crippen molar-refractivity contribution in [3.63, 3.8) is 0 Å². The van der Waals surface area contributed by atoms with Crippen molar-refractivity contribution >= 4 is 16.7 Å². The molecule has 0 aliphatic carbocycles. The van der Waals surface area contributed by atoms with E-state index in [1.165, 1.54) is 6.07 Å². The number of imidazole rings is 1. The lowest BCUT2D eigenvalue weighted by molar-refractivity contribution is 0.421. The van der Waals surface area contributed by atoms with E-state index in [0.717, 1.165) is 52.7 Å². The molecular weight excluding hydrogens is 396 g/mol. The number of nitrogens with one attached hydrogen (secondary N) is 1. The summed E-state index contributed by atoms with van der Waals surface area (Å²) in [5, 5.41) is 0. The van der Waals surface area contributed by atoms with Crippen molar-refractivity contribution in [2.75, 3.05) is 24.5 Å². The molecule has 5 rings (SSSR count). The third kappa shape index (κ3) is 3.45. The van der Waals surface area contributed by atoms with Gasteiger partial charge in [-0.3, -0.25) is 4.98 Å². The van der Waals surface area contributed by atoms with Gasteiger partial charge in [0.25, 0.3) is 0 Å². The molecule has 1 aliphatic rings. The Morgan fingerprint density at radius 3 is 2.45 bits per heavy atom. The molecule has 7 heteroatoms. The number of aromatic nitrogens is 3. The standard InChI is InChI=1S/C24H23F2N5/c1-13-3-14(2)5-16(4-13)18-9-28-10-19(23(18)31-11-15(8-27)12-31)24-29-21-7-17(25)6-20(26)22(21)30-24/h3-7,9-10,15H,8,11-12,27H2,1-2H3,(H,29,30). The first-order valence-corrected chi connectivity index (χ1v) is 10.3. The van der Waals surface area contributed by atoms with Crippen molar-refractivity contribution in [3.05, 3.63) is 65.5 Å². The van der Waals surface area contributed by atoms with Crippen molar-refractivity contribution in [2.45, 2.75) is 13.8 Å². The zero-order valence-corrected chi connectivity index (χ0v) is 17.4. The highest BCUT2D eigenvalue weighted by molar-refractivity contribution is 5.91. The largest absolute Gasteiger partial charge is 0.370 e. The van der Waals surface area contributed by atoms with Crippen molar-refractivity contribution in [3.8, 4) is 22.5 Å². The Bertz CT molecular complexity index is 1270. The van der Waals surface area contributed by atoms with Crippen molar-refractivity contribution in [1.29, 1.82) is 0 Å². The molecule has 3 heterocycles. The van der Waals surface area contributed by atoms with E-state index in [4.69, 9.17) is 5.73 Å². The molecule has 0 amide bonds. The zero-order chi connectivity index (χ0) is 21.7. The van der Waals surface area contributed by atoms with Crippen LogP contribution in [0.4, 0.5) is 14.5 Å². The van der Waals surface area contributed by atoms with E-state index in [1.807, 2.05) is 6.20 Å². The number of rotatable bonds is 4. The number of nitrogens with zero attached hydrogens (tertiary/aromatic N) is 3. The lowest BCUT2D eigenvalue weighted by atomic mass is 9.93. The summed E-state index contributed by atoms with van der Waals surface area (Å²) in [6.07, 6.45) is 3.58.